The SMILES string of the molecule is CC(C)C(=O)NCC1CN(c2ccccc2)C(=O)O1. The Kier molecular flexibility index (Phi) is 4.04. The molecule has 0 radical (unpaired) electrons. The summed E-state index contributed by atoms with van der Waals surface area (Å²) in [7, 11) is 0. The zero-order chi connectivity index (χ0) is 13.8. The average Bonchev–Trinajstić information content (AvgIpc) is 2.78. The molecular weight excluding hydrogens is 244 g/mol. The third-order valence-electron chi connectivity index (χ3n) is 2.97. The van der Waals surface area contributed by atoms with Gasteiger partial charge in [0.25, 0.3) is 0 Å². The molecule has 1 unspecified atom stereocenters. The number of nitrogens with zero attached hydrogens (tertiary/aromatic N) is 1. The van der Waals surface area contributed by atoms with Crippen molar-refractivity contribution in [3.63, 3.8) is 0 Å². The smallest absolute Gasteiger partial charge is 0.414 e. The number of amides is 2. The van der Waals surface area contributed by atoms with Gasteiger partial charge in [0.1, 0.15) is 6.10 Å². The number of nitrogens with one attached hydrogen (secondary N) is 1. The van der Waals surface area contributed by atoms with E-state index in [9.17, 15) is 9.59 Å². The summed E-state index contributed by atoms with van der Waals surface area (Å²) in [5.41, 5.74) is 0.810. The van der Waals surface area contributed by atoms with Crippen LogP contribution in [0.15, 0.2) is 30.3 Å². The van der Waals surface area contributed by atoms with E-state index < -0.39 is 0 Å². The highest BCUT2D eigenvalue weighted by Crippen LogP contribution is 2.20. The maximum Gasteiger partial charge on any atom is 0.414 e. The monoisotopic (exact) mass is 262 g/mol. The summed E-state index contributed by atoms with van der Waals surface area (Å²) in [6, 6.07) is 9.35. The van der Waals surface area contributed by atoms with Crippen LogP contribution in [0.1, 0.15) is 13.8 Å². The number of rotatable bonds is 4. The van der Waals surface area contributed by atoms with Crippen LogP contribution in [0.5, 0.6) is 0 Å². The highest BCUT2D eigenvalue weighted by atomic mass is 16.6. The summed E-state index contributed by atoms with van der Waals surface area (Å²) in [4.78, 5) is 24.8. The Balaban J connectivity index is 1.91. The van der Waals surface area contributed by atoms with Gasteiger partial charge in [0.15, 0.2) is 0 Å². The molecule has 1 aliphatic rings. The lowest BCUT2D eigenvalue weighted by Gasteiger charge is -2.13. The van der Waals surface area contributed by atoms with E-state index in [1.54, 1.807) is 4.90 Å². The van der Waals surface area contributed by atoms with E-state index in [1.165, 1.54) is 0 Å². The molecule has 0 saturated carbocycles. The van der Waals surface area contributed by atoms with E-state index in [2.05, 4.69) is 5.32 Å². The molecule has 0 aliphatic carbocycles. The van der Waals surface area contributed by atoms with Gasteiger partial charge in [-0.2, -0.15) is 0 Å². The molecule has 1 aliphatic heterocycles. The molecule has 1 fully saturated rings. The van der Waals surface area contributed by atoms with E-state index in [1.807, 2.05) is 44.2 Å². The number of cyclic esters (lactones) is 1. The lowest BCUT2D eigenvalue weighted by Crippen LogP contribution is -2.36. The number of hydrogen-bond donors (Lipinski definition) is 1. The fourth-order valence-corrected chi connectivity index (χ4v) is 1.87. The molecular formula is C14H18N2O3. The maximum absolute atomic E-state index is 11.8. The maximum atomic E-state index is 11.8. The largest absolute Gasteiger partial charge is 0.442 e. The standard InChI is InChI=1S/C14H18N2O3/c1-10(2)13(17)15-8-12-9-16(14(18)19-12)11-6-4-3-5-7-11/h3-7,10,12H,8-9H2,1-2H3,(H,15,17). The van der Waals surface area contributed by atoms with Crippen LogP contribution in [0, 0.1) is 5.92 Å². The van der Waals surface area contributed by atoms with Gasteiger partial charge in [0.2, 0.25) is 5.91 Å². The van der Waals surface area contributed by atoms with Crippen LogP contribution in [0.2, 0.25) is 0 Å². The van der Waals surface area contributed by atoms with Gasteiger partial charge in [0.05, 0.1) is 13.1 Å². The number of benzene rings is 1. The van der Waals surface area contributed by atoms with Crippen molar-refractivity contribution < 1.29 is 14.3 Å². The highest BCUT2D eigenvalue weighted by Gasteiger charge is 2.32. The molecule has 1 atom stereocenters. The Bertz CT molecular complexity index is 459. The molecule has 0 spiro atoms. The van der Waals surface area contributed by atoms with Crippen molar-refractivity contribution in [2.45, 2.75) is 20.0 Å². The molecule has 2 rings (SSSR count). The summed E-state index contributed by atoms with van der Waals surface area (Å²) in [6.07, 6.45) is -0.662. The number of hydrogen-bond acceptors (Lipinski definition) is 3. The predicted molar refractivity (Wildman–Crippen MR) is 71.9 cm³/mol. The van der Waals surface area contributed by atoms with Crippen LogP contribution in [0.3, 0.4) is 0 Å². The molecule has 5 heteroatoms. The van der Waals surface area contributed by atoms with Crippen LogP contribution < -0.4 is 10.2 Å². The van der Waals surface area contributed by atoms with Gasteiger partial charge in [-0.1, -0.05) is 32.0 Å². The van der Waals surface area contributed by atoms with Crippen LogP contribution in [-0.2, 0) is 9.53 Å². The Morgan fingerprint density at radius 2 is 2.11 bits per heavy atom. The highest BCUT2D eigenvalue weighted by molar-refractivity contribution is 5.89. The Labute approximate surface area is 112 Å². The van der Waals surface area contributed by atoms with Gasteiger partial charge in [0, 0.05) is 11.6 Å². The third kappa shape index (κ3) is 3.24. The molecule has 1 N–H and O–H groups in total. The van der Waals surface area contributed by atoms with Crippen molar-refractivity contribution in [2.24, 2.45) is 5.92 Å². The third-order valence-corrected chi connectivity index (χ3v) is 2.97. The molecule has 1 aromatic rings. The van der Waals surface area contributed by atoms with Gasteiger partial charge in [-0.05, 0) is 12.1 Å². The van der Waals surface area contributed by atoms with Gasteiger partial charge < -0.3 is 10.1 Å². The number of anilines is 1. The van der Waals surface area contributed by atoms with Crippen molar-refractivity contribution in [3.8, 4) is 0 Å². The van der Waals surface area contributed by atoms with Crippen LogP contribution >= 0.6 is 0 Å². The zero-order valence-corrected chi connectivity index (χ0v) is 11.1. The molecule has 5 nitrogen and oxygen atoms in total. The topological polar surface area (TPSA) is 58.6 Å². The first-order valence-electron chi connectivity index (χ1n) is 6.39. The predicted octanol–water partition coefficient (Wildman–Crippen LogP) is 1.78. The molecule has 2 amide bonds. The van der Waals surface area contributed by atoms with Crippen molar-refractivity contribution in [3.05, 3.63) is 30.3 Å². The molecule has 19 heavy (non-hydrogen) atoms. The van der Waals surface area contributed by atoms with E-state index in [0.717, 1.165) is 5.69 Å². The molecule has 0 aromatic heterocycles. The Morgan fingerprint density at radius 1 is 1.42 bits per heavy atom. The minimum atomic E-state index is -0.366. The molecule has 1 heterocycles. The van der Waals surface area contributed by atoms with Gasteiger partial charge in [-0.15, -0.1) is 0 Å². The minimum absolute atomic E-state index is 0.0331. The average molecular weight is 262 g/mol. The lowest BCUT2D eigenvalue weighted by molar-refractivity contribution is -0.124. The second kappa shape index (κ2) is 5.73. The lowest BCUT2D eigenvalue weighted by atomic mass is 10.2. The van der Waals surface area contributed by atoms with Crippen molar-refractivity contribution in [1.82, 2.24) is 5.32 Å². The van der Waals surface area contributed by atoms with Gasteiger partial charge >= 0.3 is 6.09 Å². The zero-order valence-electron chi connectivity index (χ0n) is 11.1. The van der Waals surface area contributed by atoms with Crippen LogP contribution in [0.4, 0.5) is 10.5 Å². The van der Waals surface area contributed by atoms with Crippen LogP contribution in [-0.4, -0.2) is 31.2 Å². The molecule has 1 aromatic carbocycles. The number of carbonyl (C=O) groups is 2. The molecule has 1 saturated heterocycles. The fourth-order valence-electron chi connectivity index (χ4n) is 1.87. The quantitative estimate of drug-likeness (QED) is 0.900. The van der Waals surface area contributed by atoms with E-state index in [4.69, 9.17) is 4.74 Å². The summed E-state index contributed by atoms with van der Waals surface area (Å²) in [5.74, 6) is -0.100. The van der Waals surface area contributed by atoms with E-state index in [0.29, 0.717) is 13.1 Å². The Hall–Kier alpha value is -2.04. The van der Waals surface area contributed by atoms with Crippen LogP contribution in [0.25, 0.3) is 0 Å². The first-order chi connectivity index (χ1) is 9.08. The molecule has 0 bridgehead atoms. The number of ether oxygens (including phenoxy) is 1. The Morgan fingerprint density at radius 3 is 2.74 bits per heavy atom. The van der Waals surface area contributed by atoms with Crippen molar-refractivity contribution in [1.29, 1.82) is 0 Å². The van der Waals surface area contributed by atoms with Gasteiger partial charge in [-0.3, -0.25) is 9.69 Å². The summed E-state index contributed by atoms with van der Waals surface area (Å²) in [5, 5.41) is 2.77. The fraction of sp³-hybridized carbons (Fsp3) is 0.429. The molecule has 102 valence electrons. The summed E-state index contributed by atoms with van der Waals surface area (Å²) >= 11 is 0. The second-order valence-electron chi connectivity index (χ2n) is 4.85. The normalized spacial score (nSPS) is 18.6. The number of carbonyl (C=O) groups excluding carboxylic acids is 2. The van der Waals surface area contributed by atoms with E-state index in [-0.39, 0.29) is 24.0 Å². The van der Waals surface area contributed by atoms with Crippen molar-refractivity contribution >= 4 is 17.7 Å². The summed E-state index contributed by atoms with van der Waals surface area (Å²) in [6.45, 7) is 4.46. The van der Waals surface area contributed by atoms with Gasteiger partial charge in [-0.25, -0.2) is 4.79 Å². The first kappa shape index (κ1) is 13.4. The summed E-state index contributed by atoms with van der Waals surface area (Å²) < 4.78 is 5.23. The van der Waals surface area contributed by atoms with Crippen molar-refractivity contribution in [2.75, 3.05) is 18.0 Å². The minimum Gasteiger partial charge on any atom is -0.442 e. The first-order valence-corrected chi connectivity index (χ1v) is 6.39. The second-order valence-corrected chi connectivity index (χ2v) is 4.85. The number of para-hydroxylation sites is 1. The van der Waals surface area contributed by atoms with E-state index >= 15 is 0 Å².